The van der Waals surface area contributed by atoms with Gasteiger partial charge in [-0.15, -0.1) is 22.7 Å². The fourth-order valence-corrected chi connectivity index (χ4v) is 3.39. The Labute approximate surface area is 114 Å². The standard InChI is InChI=1S/C13H13N3S2/c1-2-13(17-3-1)10-4-12(18-8-10)7-14-5-11-6-15-9-16-11/h1-4,6,8-9,14H,5,7H2,(H,15,16). The lowest BCUT2D eigenvalue weighted by Crippen LogP contribution is -2.11. The van der Waals surface area contributed by atoms with E-state index < -0.39 is 0 Å². The Morgan fingerprint density at radius 3 is 3.06 bits per heavy atom. The molecule has 0 aliphatic rings. The molecule has 5 heteroatoms. The van der Waals surface area contributed by atoms with Crippen LogP contribution in [0.2, 0.25) is 0 Å². The van der Waals surface area contributed by atoms with Crippen molar-refractivity contribution in [3.05, 3.63) is 52.1 Å². The molecule has 0 saturated heterocycles. The van der Waals surface area contributed by atoms with E-state index in [2.05, 4.69) is 44.2 Å². The Kier molecular flexibility index (Phi) is 3.54. The molecule has 0 aromatic carbocycles. The Bertz CT molecular complexity index is 582. The summed E-state index contributed by atoms with van der Waals surface area (Å²) in [5.41, 5.74) is 2.44. The molecule has 0 saturated carbocycles. The van der Waals surface area contributed by atoms with Crippen molar-refractivity contribution in [2.75, 3.05) is 0 Å². The Morgan fingerprint density at radius 2 is 2.28 bits per heavy atom. The molecular weight excluding hydrogens is 262 g/mol. The normalized spacial score (nSPS) is 10.9. The third-order valence-corrected chi connectivity index (χ3v) is 4.48. The van der Waals surface area contributed by atoms with Gasteiger partial charge in [0.1, 0.15) is 0 Å². The molecule has 0 unspecified atom stereocenters. The van der Waals surface area contributed by atoms with Gasteiger partial charge in [0, 0.05) is 40.3 Å². The van der Waals surface area contributed by atoms with Gasteiger partial charge in [-0.3, -0.25) is 0 Å². The highest BCUT2D eigenvalue weighted by atomic mass is 32.1. The second kappa shape index (κ2) is 5.48. The molecular formula is C13H13N3S2. The van der Waals surface area contributed by atoms with Gasteiger partial charge < -0.3 is 10.3 Å². The average molecular weight is 275 g/mol. The van der Waals surface area contributed by atoms with E-state index >= 15 is 0 Å². The number of nitrogens with one attached hydrogen (secondary N) is 2. The summed E-state index contributed by atoms with van der Waals surface area (Å²) >= 11 is 3.59. The smallest absolute Gasteiger partial charge is 0.0922 e. The first kappa shape index (κ1) is 11.6. The van der Waals surface area contributed by atoms with Crippen molar-refractivity contribution >= 4 is 22.7 Å². The Balaban J connectivity index is 1.57. The summed E-state index contributed by atoms with van der Waals surface area (Å²) in [5.74, 6) is 0. The number of aromatic amines is 1. The van der Waals surface area contributed by atoms with Crippen molar-refractivity contribution in [2.24, 2.45) is 0 Å². The van der Waals surface area contributed by atoms with Gasteiger partial charge in [-0.2, -0.15) is 0 Å². The van der Waals surface area contributed by atoms with Gasteiger partial charge >= 0.3 is 0 Å². The minimum absolute atomic E-state index is 0.826. The monoisotopic (exact) mass is 275 g/mol. The molecule has 0 fully saturated rings. The molecule has 0 aliphatic carbocycles. The Morgan fingerprint density at radius 1 is 1.28 bits per heavy atom. The SMILES string of the molecule is c1csc(-c2csc(CNCc3cnc[nH]3)c2)c1. The van der Waals surface area contributed by atoms with Gasteiger partial charge in [0.25, 0.3) is 0 Å². The summed E-state index contributed by atoms with van der Waals surface area (Å²) in [6.07, 6.45) is 3.55. The van der Waals surface area contributed by atoms with E-state index in [1.54, 1.807) is 29.0 Å². The topological polar surface area (TPSA) is 40.7 Å². The van der Waals surface area contributed by atoms with Crippen LogP contribution in [-0.4, -0.2) is 9.97 Å². The maximum Gasteiger partial charge on any atom is 0.0922 e. The van der Waals surface area contributed by atoms with Crippen LogP contribution in [0.4, 0.5) is 0 Å². The van der Waals surface area contributed by atoms with Crippen LogP contribution in [0.1, 0.15) is 10.6 Å². The zero-order valence-corrected chi connectivity index (χ0v) is 11.4. The summed E-state index contributed by atoms with van der Waals surface area (Å²) in [4.78, 5) is 9.77. The Hall–Kier alpha value is -1.43. The first-order valence-corrected chi connectivity index (χ1v) is 7.47. The minimum Gasteiger partial charge on any atom is -0.347 e. The van der Waals surface area contributed by atoms with Crippen molar-refractivity contribution in [1.29, 1.82) is 0 Å². The minimum atomic E-state index is 0.826. The molecule has 0 aliphatic heterocycles. The van der Waals surface area contributed by atoms with Gasteiger partial charge in [0.2, 0.25) is 0 Å². The molecule has 2 N–H and O–H groups in total. The molecule has 3 heterocycles. The zero-order valence-electron chi connectivity index (χ0n) is 9.72. The van der Waals surface area contributed by atoms with Gasteiger partial charge in [0.15, 0.2) is 0 Å². The summed E-state index contributed by atoms with van der Waals surface area (Å²) in [7, 11) is 0. The molecule has 0 radical (unpaired) electrons. The molecule has 0 atom stereocenters. The predicted octanol–water partition coefficient (Wildman–Crippen LogP) is 3.49. The van der Waals surface area contributed by atoms with E-state index in [0.717, 1.165) is 18.8 Å². The van der Waals surface area contributed by atoms with E-state index in [0.29, 0.717) is 0 Å². The van der Waals surface area contributed by atoms with Crippen LogP contribution in [0.15, 0.2) is 41.5 Å². The number of hydrogen-bond donors (Lipinski definition) is 2. The lowest BCUT2D eigenvalue weighted by molar-refractivity contribution is 0.689. The van der Waals surface area contributed by atoms with Gasteiger partial charge in [0.05, 0.1) is 6.33 Å². The highest BCUT2D eigenvalue weighted by Crippen LogP contribution is 2.29. The summed E-state index contributed by atoms with van der Waals surface area (Å²) in [6, 6.07) is 6.51. The molecule has 3 rings (SSSR count). The first-order valence-electron chi connectivity index (χ1n) is 5.71. The number of rotatable bonds is 5. The lowest BCUT2D eigenvalue weighted by Gasteiger charge is -1.99. The highest BCUT2D eigenvalue weighted by molar-refractivity contribution is 7.14. The van der Waals surface area contributed by atoms with Crippen LogP contribution >= 0.6 is 22.7 Å². The van der Waals surface area contributed by atoms with Gasteiger partial charge in [-0.05, 0) is 22.9 Å². The van der Waals surface area contributed by atoms with Crippen LogP contribution in [0.5, 0.6) is 0 Å². The van der Waals surface area contributed by atoms with Crippen molar-refractivity contribution < 1.29 is 0 Å². The maximum atomic E-state index is 3.99. The number of hydrogen-bond acceptors (Lipinski definition) is 4. The van der Waals surface area contributed by atoms with Crippen LogP contribution in [0.3, 0.4) is 0 Å². The fraction of sp³-hybridized carbons (Fsp3) is 0.154. The second-order valence-electron chi connectivity index (χ2n) is 3.96. The fourth-order valence-electron chi connectivity index (χ4n) is 1.75. The number of aromatic nitrogens is 2. The first-order chi connectivity index (χ1) is 8.92. The largest absolute Gasteiger partial charge is 0.347 e. The second-order valence-corrected chi connectivity index (χ2v) is 5.90. The molecule has 3 aromatic rings. The van der Waals surface area contributed by atoms with E-state index in [-0.39, 0.29) is 0 Å². The number of nitrogens with zero attached hydrogens (tertiary/aromatic N) is 1. The van der Waals surface area contributed by atoms with E-state index in [1.807, 2.05) is 6.20 Å². The molecule has 92 valence electrons. The van der Waals surface area contributed by atoms with E-state index in [4.69, 9.17) is 0 Å². The van der Waals surface area contributed by atoms with E-state index in [1.165, 1.54) is 15.3 Å². The molecule has 0 amide bonds. The van der Waals surface area contributed by atoms with E-state index in [9.17, 15) is 0 Å². The molecule has 3 aromatic heterocycles. The average Bonchev–Trinajstić information content (AvgIpc) is 3.12. The summed E-state index contributed by atoms with van der Waals surface area (Å²) in [5, 5.41) is 7.74. The molecule has 3 nitrogen and oxygen atoms in total. The lowest BCUT2D eigenvalue weighted by atomic mass is 10.2. The molecule has 18 heavy (non-hydrogen) atoms. The third-order valence-electron chi connectivity index (χ3n) is 2.63. The van der Waals surface area contributed by atoms with Crippen molar-refractivity contribution in [1.82, 2.24) is 15.3 Å². The predicted molar refractivity (Wildman–Crippen MR) is 76.8 cm³/mol. The van der Waals surface area contributed by atoms with Crippen LogP contribution < -0.4 is 5.32 Å². The van der Waals surface area contributed by atoms with Gasteiger partial charge in [-0.1, -0.05) is 6.07 Å². The van der Waals surface area contributed by atoms with Crippen LogP contribution in [0, 0.1) is 0 Å². The van der Waals surface area contributed by atoms with Crippen LogP contribution in [-0.2, 0) is 13.1 Å². The summed E-state index contributed by atoms with van der Waals surface area (Å²) in [6.45, 7) is 1.72. The quantitative estimate of drug-likeness (QED) is 0.748. The van der Waals surface area contributed by atoms with Crippen molar-refractivity contribution in [3.63, 3.8) is 0 Å². The molecule has 0 bridgehead atoms. The number of thiophene rings is 2. The number of imidazole rings is 1. The highest BCUT2D eigenvalue weighted by Gasteiger charge is 2.03. The molecule has 0 spiro atoms. The number of H-pyrrole nitrogens is 1. The zero-order chi connectivity index (χ0) is 12.2. The van der Waals surface area contributed by atoms with Crippen molar-refractivity contribution in [3.8, 4) is 10.4 Å². The summed E-state index contributed by atoms with van der Waals surface area (Å²) < 4.78 is 0. The van der Waals surface area contributed by atoms with Crippen molar-refractivity contribution in [2.45, 2.75) is 13.1 Å². The third kappa shape index (κ3) is 2.69. The van der Waals surface area contributed by atoms with Crippen LogP contribution in [0.25, 0.3) is 10.4 Å². The maximum absolute atomic E-state index is 3.99. The van der Waals surface area contributed by atoms with Gasteiger partial charge in [-0.25, -0.2) is 4.98 Å².